The topological polar surface area (TPSA) is 215 Å². The monoisotopic (exact) mass is 1130 g/mol. The Balaban J connectivity index is 0.645. The van der Waals surface area contributed by atoms with Crippen molar-refractivity contribution in [2.24, 2.45) is 5.41 Å². The number of rotatable bonds is 26. The fourth-order valence-electron chi connectivity index (χ4n) is 10.6. The number of piperazine rings is 1. The van der Waals surface area contributed by atoms with Gasteiger partial charge in [0.25, 0.3) is 5.91 Å². The Kier molecular flexibility index (Phi) is 21.9. The van der Waals surface area contributed by atoms with Crippen LogP contribution >= 0.6 is 11.3 Å². The molecule has 2 aliphatic heterocycles. The van der Waals surface area contributed by atoms with E-state index in [1.165, 1.54) is 4.90 Å². The van der Waals surface area contributed by atoms with E-state index in [0.717, 1.165) is 147 Å². The number of carbonyl (C=O) groups is 5. The highest BCUT2D eigenvalue weighted by Gasteiger charge is 2.44. The molecule has 17 nitrogen and oxygen atoms in total. The molecular formula is C64H81N11O6S. The summed E-state index contributed by atoms with van der Waals surface area (Å²) in [5.74, 6) is -0.386. The summed E-state index contributed by atoms with van der Waals surface area (Å²) in [7, 11) is 0. The third kappa shape index (κ3) is 17.6. The Labute approximate surface area is 487 Å². The number of nitrogens with one attached hydrogen (secondary N) is 4. The molecule has 2 fully saturated rings. The fourth-order valence-corrected chi connectivity index (χ4v) is 11.4. The van der Waals surface area contributed by atoms with Crippen LogP contribution in [0.2, 0.25) is 0 Å². The second-order valence-electron chi connectivity index (χ2n) is 22.9. The molecule has 3 atom stereocenters. The SMILES string of the molecule is Cc1ccc(NC(=O)c2ccc(CN3CCN(C(=O)CCCCCCCCCCCCC(=O)N[C@H](C(=O)N4CC(O)CC4C(=O)NCc4ccc(-c5scnc5C)cc4)C(C)(C)C)CC3)cc2)cc1Nc1nccc(-c2cccnc2)n1. The molecule has 6 aromatic rings. The molecule has 3 aromatic carbocycles. The standard InChI is InChI=1S/C64H81N11O6S/c1-44-20-29-51(37-54(44)71-63-66-32-30-53(70-63)50-17-16-31-65-40-50)69-60(79)49-27-23-47(24-28-49)41-73-33-35-74(36-34-73)57(78)19-15-13-11-9-7-6-8-10-12-14-18-56(77)72-59(64(3,4)5)62(81)75-42-52(76)38-55(75)61(80)67-39-46-21-25-48(26-22-46)58-45(2)68-43-82-58/h16-17,20-32,37,40,43,52,55,59,76H,6-15,18-19,33-36,38-39,41-42H2,1-5H3,(H,67,80)(H,69,79)(H,72,77)(H,66,70,71)/t52?,55?,59-/m1/s1. The van der Waals surface area contributed by atoms with E-state index in [2.05, 4.69) is 46.1 Å². The number of likely N-dealkylation sites (tertiary alicyclic amines) is 1. The highest BCUT2D eigenvalue weighted by molar-refractivity contribution is 7.13. The van der Waals surface area contributed by atoms with Crippen molar-refractivity contribution in [3.8, 4) is 21.7 Å². The lowest BCUT2D eigenvalue weighted by Gasteiger charge is -2.35. The van der Waals surface area contributed by atoms with E-state index in [4.69, 9.17) is 0 Å². The number of hydrogen-bond acceptors (Lipinski definition) is 13. The molecule has 0 saturated carbocycles. The van der Waals surface area contributed by atoms with Gasteiger partial charge >= 0.3 is 0 Å². The molecule has 0 spiro atoms. The second kappa shape index (κ2) is 29.5. The van der Waals surface area contributed by atoms with Gasteiger partial charge in [-0.05, 0) is 96.8 Å². The summed E-state index contributed by atoms with van der Waals surface area (Å²) in [6, 6.07) is 25.3. The van der Waals surface area contributed by atoms with E-state index in [-0.39, 0.29) is 49.0 Å². The summed E-state index contributed by atoms with van der Waals surface area (Å²) < 4.78 is 0. The first kappa shape index (κ1) is 60.7. The average Bonchev–Trinajstić information content (AvgIpc) is 4.11. The lowest BCUT2D eigenvalue weighted by molar-refractivity contribution is -0.144. The molecule has 2 saturated heterocycles. The summed E-state index contributed by atoms with van der Waals surface area (Å²) in [6.07, 6.45) is 15.7. The highest BCUT2D eigenvalue weighted by Crippen LogP contribution is 2.30. The molecule has 82 heavy (non-hydrogen) atoms. The maximum absolute atomic E-state index is 14.0. The maximum atomic E-state index is 14.0. The van der Waals surface area contributed by atoms with Gasteiger partial charge in [-0.25, -0.2) is 15.0 Å². The molecule has 0 bridgehead atoms. The van der Waals surface area contributed by atoms with Crippen LogP contribution in [-0.2, 0) is 32.3 Å². The number of thiazole rings is 1. The number of hydrogen-bond donors (Lipinski definition) is 5. The van der Waals surface area contributed by atoms with Crippen LogP contribution in [0.5, 0.6) is 0 Å². The zero-order valence-corrected chi connectivity index (χ0v) is 49.1. The highest BCUT2D eigenvalue weighted by atomic mass is 32.1. The predicted octanol–water partition coefficient (Wildman–Crippen LogP) is 10.4. The van der Waals surface area contributed by atoms with Crippen molar-refractivity contribution < 1.29 is 29.1 Å². The molecule has 8 rings (SSSR count). The third-order valence-electron chi connectivity index (χ3n) is 15.5. The Bertz CT molecular complexity index is 3070. The number of pyridine rings is 1. The molecule has 5 heterocycles. The van der Waals surface area contributed by atoms with Crippen LogP contribution in [0.4, 0.5) is 17.3 Å². The van der Waals surface area contributed by atoms with Crippen molar-refractivity contribution in [2.75, 3.05) is 43.4 Å². The van der Waals surface area contributed by atoms with Gasteiger partial charge in [0.05, 0.1) is 27.9 Å². The van der Waals surface area contributed by atoms with Crippen LogP contribution in [0.15, 0.2) is 109 Å². The summed E-state index contributed by atoms with van der Waals surface area (Å²) in [5, 5.41) is 22.9. The van der Waals surface area contributed by atoms with E-state index in [1.807, 2.05) is 130 Å². The van der Waals surface area contributed by atoms with E-state index >= 15 is 0 Å². The number of aryl methyl sites for hydroxylation is 2. The minimum absolute atomic E-state index is 0.0358. The number of aromatic nitrogens is 4. The predicted molar refractivity (Wildman–Crippen MR) is 323 cm³/mol. The Morgan fingerprint density at radius 2 is 1.44 bits per heavy atom. The molecule has 2 unspecified atom stereocenters. The fraction of sp³-hybridized carbons (Fsp3) is 0.453. The third-order valence-corrected chi connectivity index (χ3v) is 16.4. The Morgan fingerprint density at radius 1 is 0.756 bits per heavy atom. The first-order valence-electron chi connectivity index (χ1n) is 29.1. The molecule has 434 valence electrons. The number of anilines is 3. The van der Waals surface area contributed by atoms with Gasteiger partial charge in [-0.2, -0.15) is 0 Å². The van der Waals surface area contributed by atoms with Crippen molar-refractivity contribution in [3.63, 3.8) is 0 Å². The number of unbranched alkanes of at least 4 members (excludes halogenated alkanes) is 9. The van der Waals surface area contributed by atoms with E-state index in [0.29, 0.717) is 30.0 Å². The number of benzene rings is 3. The van der Waals surface area contributed by atoms with Gasteiger partial charge in [0.15, 0.2) is 0 Å². The normalized spacial score (nSPS) is 15.9. The zero-order valence-electron chi connectivity index (χ0n) is 48.3. The molecular weight excluding hydrogens is 1050 g/mol. The first-order chi connectivity index (χ1) is 39.6. The van der Waals surface area contributed by atoms with Gasteiger partial charge in [-0.3, -0.25) is 33.9 Å². The number of amides is 5. The van der Waals surface area contributed by atoms with E-state index < -0.39 is 23.6 Å². The first-order valence-corrected chi connectivity index (χ1v) is 30.0. The summed E-state index contributed by atoms with van der Waals surface area (Å²) in [5.41, 5.74) is 9.92. The number of aliphatic hydroxyl groups is 1. The van der Waals surface area contributed by atoms with Gasteiger partial charge < -0.3 is 36.2 Å². The zero-order chi connectivity index (χ0) is 58.0. The Morgan fingerprint density at radius 3 is 2.10 bits per heavy atom. The van der Waals surface area contributed by atoms with Crippen molar-refractivity contribution in [1.82, 2.24) is 45.3 Å². The van der Waals surface area contributed by atoms with Crippen molar-refractivity contribution in [2.45, 2.75) is 149 Å². The van der Waals surface area contributed by atoms with Crippen molar-refractivity contribution >= 4 is 58.2 Å². The van der Waals surface area contributed by atoms with E-state index in [9.17, 15) is 29.1 Å². The van der Waals surface area contributed by atoms with Gasteiger partial charge in [-0.15, -0.1) is 11.3 Å². The Hall–Kier alpha value is -7.41. The maximum Gasteiger partial charge on any atom is 0.255 e. The minimum Gasteiger partial charge on any atom is -0.391 e. The van der Waals surface area contributed by atoms with Crippen LogP contribution in [0, 0.1) is 19.3 Å². The molecule has 5 N–H and O–H groups in total. The van der Waals surface area contributed by atoms with Crippen LogP contribution < -0.4 is 21.3 Å². The van der Waals surface area contributed by atoms with Crippen molar-refractivity contribution in [3.05, 3.63) is 137 Å². The number of β-amino-alcohol motifs (C(OH)–C–C–N with tert-alkyl or cyclic N) is 1. The summed E-state index contributed by atoms with van der Waals surface area (Å²) in [6.45, 7) is 13.8. The van der Waals surface area contributed by atoms with Crippen LogP contribution in [0.3, 0.4) is 0 Å². The molecule has 0 aliphatic carbocycles. The van der Waals surface area contributed by atoms with Crippen LogP contribution in [-0.4, -0.2) is 120 Å². The van der Waals surface area contributed by atoms with Crippen LogP contribution in [0.25, 0.3) is 21.7 Å². The van der Waals surface area contributed by atoms with Crippen molar-refractivity contribution in [1.29, 1.82) is 0 Å². The molecule has 3 aromatic heterocycles. The molecule has 18 heteroatoms. The van der Waals surface area contributed by atoms with Crippen LogP contribution in [0.1, 0.15) is 137 Å². The average molecular weight is 1130 g/mol. The quantitative estimate of drug-likeness (QED) is 0.0321. The van der Waals surface area contributed by atoms with Gasteiger partial charge in [-0.1, -0.05) is 115 Å². The smallest absolute Gasteiger partial charge is 0.255 e. The number of nitrogens with zero attached hydrogens (tertiary/aromatic N) is 7. The lowest BCUT2D eigenvalue weighted by Crippen LogP contribution is -2.57. The van der Waals surface area contributed by atoms with E-state index in [1.54, 1.807) is 29.9 Å². The lowest BCUT2D eigenvalue weighted by atomic mass is 9.85. The van der Waals surface area contributed by atoms with Gasteiger partial charge in [0.1, 0.15) is 12.1 Å². The second-order valence-corrected chi connectivity index (χ2v) is 23.8. The minimum atomic E-state index is -0.845. The molecule has 0 radical (unpaired) electrons. The summed E-state index contributed by atoms with van der Waals surface area (Å²) >= 11 is 1.59. The molecule has 5 amide bonds. The number of carbonyl (C=O) groups excluding carboxylic acids is 5. The van der Waals surface area contributed by atoms with Gasteiger partial charge in [0.2, 0.25) is 29.6 Å². The molecule has 2 aliphatic rings. The largest absolute Gasteiger partial charge is 0.391 e. The summed E-state index contributed by atoms with van der Waals surface area (Å²) in [4.78, 5) is 91.6. The number of aliphatic hydroxyl groups excluding tert-OH is 1. The van der Waals surface area contributed by atoms with Gasteiger partial charge in [0, 0.05) is 106 Å².